The molecule has 2 amide bonds. The van der Waals surface area contributed by atoms with Crippen LogP contribution in [0.2, 0.25) is 0 Å². The molecule has 3 N–H and O–H groups in total. The molecule has 2 rings (SSSR count). The first kappa shape index (κ1) is 15.3. The van der Waals surface area contributed by atoms with Gasteiger partial charge in [-0.3, -0.25) is 9.59 Å². The maximum absolute atomic E-state index is 11.8. The lowest BCUT2D eigenvalue weighted by Crippen LogP contribution is -2.46. The molecule has 0 aliphatic heterocycles. The van der Waals surface area contributed by atoms with E-state index in [0.29, 0.717) is 38.3 Å². The molecule has 0 aromatic rings. The van der Waals surface area contributed by atoms with Crippen molar-refractivity contribution < 1.29 is 14.7 Å². The molecule has 5 nitrogen and oxygen atoms in total. The summed E-state index contributed by atoms with van der Waals surface area (Å²) in [6.45, 7) is 0.824. The summed E-state index contributed by atoms with van der Waals surface area (Å²) in [5.41, 5.74) is -1.17. The predicted octanol–water partition coefficient (Wildman–Crippen LogP) is 1.10. The number of rotatable bonds is 6. The van der Waals surface area contributed by atoms with Gasteiger partial charge in [-0.25, -0.2) is 0 Å². The van der Waals surface area contributed by atoms with Gasteiger partial charge < -0.3 is 15.7 Å². The minimum Gasteiger partial charge on any atom is -0.380 e. The van der Waals surface area contributed by atoms with Crippen molar-refractivity contribution in [1.82, 2.24) is 10.6 Å². The van der Waals surface area contributed by atoms with Crippen LogP contribution in [0.3, 0.4) is 0 Å². The highest BCUT2D eigenvalue weighted by atomic mass is 16.3. The number of nitrogens with one attached hydrogen (secondary N) is 2. The van der Waals surface area contributed by atoms with Gasteiger partial charge in [-0.05, 0) is 44.4 Å². The third-order valence-electron chi connectivity index (χ3n) is 4.53. The summed E-state index contributed by atoms with van der Waals surface area (Å²) in [5, 5.41) is 15.6. The van der Waals surface area contributed by atoms with E-state index in [0.717, 1.165) is 25.7 Å². The minimum absolute atomic E-state index is 0.0747. The van der Waals surface area contributed by atoms with E-state index in [2.05, 4.69) is 10.6 Å². The van der Waals surface area contributed by atoms with Crippen LogP contribution in [-0.4, -0.2) is 35.6 Å². The largest absolute Gasteiger partial charge is 0.380 e. The molecule has 0 heterocycles. The van der Waals surface area contributed by atoms with E-state index in [1.807, 2.05) is 0 Å². The molecule has 0 unspecified atom stereocenters. The van der Waals surface area contributed by atoms with Crippen molar-refractivity contribution in [2.45, 2.75) is 63.4 Å². The number of carbonyl (C=O) groups is 2. The van der Waals surface area contributed by atoms with Crippen LogP contribution in [0.5, 0.6) is 0 Å². The molecule has 114 valence electrons. The van der Waals surface area contributed by atoms with E-state index < -0.39 is 5.60 Å². The molecule has 0 saturated heterocycles. The first-order valence-electron chi connectivity index (χ1n) is 7.87. The summed E-state index contributed by atoms with van der Waals surface area (Å²) < 4.78 is 0. The third kappa shape index (κ3) is 4.20. The molecule has 0 aromatic heterocycles. The second kappa shape index (κ2) is 7.07. The fourth-order valence-electron chi connectivity index (χ4n) is 3.28. The molecule has 2 aliphatic carbocycles. The standard InChI is InChI=1S/C15H26N2O3/c18-13(11-12-5-1-2-6-12)16-9-10-17-14(19)15(20)7-3-4-8-15/h12,20H,1-11H2,(H,16,18)(H,17,19). The molecular formula is C15H26N2O3. The molecule has 5 heteroatoms. The maximum Gasteiger partial charge on any atom is 0.252 e. The third-order valence-corrected chi connectivity index (χ3v) is 4.53. The zero-order valence-electron chi connectivity index (χ0n) is 12.1. The fraction of sp³-hybridized carbons (Fsp3) is 0.867. The van der Waals surface area contributed by atoms with Gasteiger partial charge in [0.05, 0.1) is 0 Å². The zero-order valence-corrected chi connectivity index (χ0v) is 12.1. The highest BCUT2D eigenvalue weighted by Crippen LogP contribution is 2.29. The van der Waals surface area contributed by atoms with Gasteiger partial charge in [-0.1, -0.05) is 12.8 Å². The van der Waals surface area contributed by atoms with E-state index in [4.69, 9.17) is 0 Å². The van der Waals surface area contributed by atoms with Crippen LogP contribution in [-0.2, 0) is 9.59 Å². The normalized spacial score (nSPS) is 21.9. The van der Waals surface area contributed by atoms with Crippen molar-refractivity contribution >= 4 is 11.8 Å². The average Bonchev–Trinajstić information content (AvgIpc) is 3.07. The van der Waals surface area contributed by atoms with Crippen molar-refractivity contribution in [3.63, 3.8) is 0 Å². The summed E-state index contributed by atoms with van der Waals surface area (Å²) >= 11 is 0. The van der Waals surface area contributed by atoms with Gasteiger partial charge >= 0.3 is 0 Å². The minimum atomic E-state index is -1.17. The monoisotopic (exact) mass is 282 g/mol. The molecule has 2 fully saturated rings. The van der Waals surface area contributed by atoms with Crippen LogP contribution in [0.1, 0.15) is 57.8 Å². The van der Waals surface area contributed by atoms with Gasteiger partial charge in [0.2, 0.25) is 5.91 Å². The average molecular weight is 282 g/mol. The van der Waals surface area contributed by atoms with Crippen LogP contribution >= 0.6 is 0 Å². The Balaban J connectivity index is 1.56. The lowest BCUT2D eigenvalue weighted by atomic mass is 10.0. The van der Waals surface area contributed by atoms with Crippen molar-refractivity contribution in [1.29, 1.82) is 0 Å². The van der Waals surface area contributed by atoms with Gasteiger partial charge in [0.1, 0.15) is 5.60 Å². The van der Waals surface area contributed by atoms with E-state index in [-0.39, 0.29) is 11.8 Å². The molecule has 0 atom stereocenters. The Labute approximate surface area is 120 Å². The van der Waals surface area contributed by atoms with Gasteiger partial charge in [0.25, 0.3) is 5.91 Å². The molecule has 0 spiro atoms. The summed E-state index contributed by atoms with van der Waals surface area (Å²) in [4.78, 5) is 23.5. The fourth-order valence-corrected chi connectivity index (χ4v) is 3.28. The Hall–Kier alpha value is -1.10. The first-order chi connectivity index (χ1) is 9.60. The molecule has 20 heavy (non-hydrogen) atoms. The second-order valence-electron chi connectivity index (χ2n) is 6.20. The quantitative estimate of drug-likeness (QED) is 0.638. The molecular weight excluding hydrogens is 256 g/mol. The van der Waals surface area contributed by atoms with Gasteiger partial charge in [0.15, 0.2) is 0 Å². The lowest BCUT2D eigenvalue weighted by molar-refractivity contribution is -0.139. The SMILES string of the molecule is O=C(CC1CCCC1)NCCNC(=O)C1(O)CCCC1. The van der Waals surface area contributed by atoms with E-state index in [1.165, 1.54) is 12.8 Å². The summed E-state index contributed by atoms with van der Waals surface area (Å²) in [7, 11) is 0. The van der Waals surface area contributed by atoms with Gasteiger partial charge in [-0.15, -0.1) is 0 Å². The maximum atomic E-state index is 11.8. The summed E-state index contributed by atoms with van der Waals surface area (Å²) in [5.74, 6) is 0.328. The molecule has 0 radical (unpaired) electrons. The van der Waals surface area contributed by atoms with E-state index in [9.17, 15) is 14.7 Å². The topological polar surface area (TPSA) is 78.4 Å². The summed E-state index contributed by atoms with van der Waals surface area (Å²) in [6.07, 6.45) is 8.33. The highest BCUT2D eigenvalue weighted by Gasteiger charge is 2.38. The second-order valence-corrected chi connectivity index (χ2v) is 6.20. The Morgan fingerprint density at radius 3 is 2.25 bits per heavy atom. The smallest absolute Gasteiger partial charge is 0.252 e. The number of hydrogen-bond donors (Lipinski definition) is 3. The lowest BCUT2D eigenvalue weighted by Gasteiger charge is -2.21. The van der Waals surface area contributed by atoms with Crippen LogP contribution < -0.4 is 10.6 Å². The predicted molar refractivity (Wildman–Crippen MR) is 76.0 cm³/mol. The molecule has 0 aromatic carbocycles. The summed E-state index contributed by atoms with van der Waals surface area (Å²) in [6, 6.07) is 0. The Morgan fingerprint density at radius 2 is 1.60 bits per heavy atom. The zero-order chi connectivity index (χ0) is 14.4. The molecule has 2 aliphatic rings. The van der Waals surface area contributed by atoms with Crippen LogP contribution in [0, 0.1) is 5.92 Å². The van der Waals surface area contributed by atoms with Crippen LogP contribution in [0.15, 0.2) is 0 Å². The van der Waals surface area contributed by atoms with Gasteiger partial charge in [-0.2, -0.15) is 0 Å². The molecule has 2 saturated carbocycles. The number of carbonyl (C=O) groups excluding carboxylic acids is 2. The van der Waals surface area contributed by atoms with Crippen molar-refractivity contribution in [2.24, 2.45) is 5.92 Å². The first-order valence-corrected chi connectivity index (χ1v) is 7.87. The van der Waals surface area contributed by atoms with E-state index in [1.54, 1.807) is 0 Å². The van der Waals surface area contributed by atoms with Gasteiger partial charge in [0, 0.05) is 19.5 Å². The number of aliphatic hydroxyl groups is 1. The highest BCUT2D eigenvalue weighted by molar-refractivity contribution is 5.85. The van der Waals surface area contributed by atoms with Crippen molar-refractivity contribution in [2.75, 3.05) is 13.1 Å². The Kier molecular flexibility index (Phi) is 5.40. The Bertz CT molecular complexity index is 345. The van der Waals surface area contributed by atoms with Crippen LogP contribution in [0.25, 0.3) is 0 Å². The van der Waals surface area contributed by atoms with Crippen molar-refractivity contribution in [3.05, 3.63) is 0 Å². The van der Waals surface area contributed by atoms with Crippen molar-refractivity contribution in [3.8, 4) is 0 Å². The Morgan fingerprint density at radius 1 is 1.00 bits per heavy atom. The number of hydrogen-bond acceptors (Lipinski definition) is 3. The van der Waals surface area contributed by atoms with Crippen LogP contribution in [0.4, 0.5) is 0 Å². The number of amides is 2. The molecule has 0 bridgehead atoms. The van der Waals surface area contributed by atoms with E-state index >= 15 is 0 Å².